The smallest absolute Gasteiger partial charge is 0.255 e. The Kier molecular flexibility index (Phi) is 4.90. The maximum absolute atomic E-state index is 12.7. The average Bonchev–Trinajstić information content (AvgIpc) is 3.04. The first-order chi connectivity index (χ1) is 11.3. The first kappa shape index (κ1) is 15.5. The third-order valence-electron chi connectivity index (χ3n) is 4.27. The Morgan fingerprint density at radius 2 is 2.22 bits per heavy atom. The van der Waals surface area contributed by atoms with Crippen molar-refractivity contribution in [2.45, 2.75) is 38.6 Å². The van der Waals surface area contributed by atoms with Crippen molar-refractivity contribution in [2.75, 3.05) is 18.4 Å². The van der Waals surface area contributed by atoms with Gasteiger partial charge in [0, 0.05) is 37.2 Å². The number of likely N-dealkylation sites (tertiary alicyclic amines) is 1. The zero-order chi connectivity index (χ0) is 16.1. The van der Waals surface area contributed by atoms with Gasteiger partial charge in [0.05, 0.1) is 5.56 Å². The van der Waals surface area contributed by atoms with Crippen LogP contribution in [0.4, 0.5) is 5.82 Å². The van der Waals surface area contributed by atoms with Crippen LogP contribution in [-0.2, 0) is 6.42 Å². The van der Waals surface area contributed by atoms with Gasteiger partial charge in [-0.3, -0.25) is 4.79 Å². The number of aromatic nitrogens is 3. The van der Waals surface area contributed by atoms with E-state index < -0.39 is 0 Å². The highest BCUT2D eigenvalue weighted by molar-refractivity contribution is 5.95. The first-order valence-electron chi connectivity index (χ1n) is 8.27. The molecule has 0 bridgehead atoms. The number of carbonyl (C=O) groups excluding carboxylic acids is 1. The fourth-order valence-corrected chi connectivity index (χ4v) is 3.05. The summed E-state index contributed by atoms with van der Waals surface area (Å²) in [5, 5.41) is 11.3. The quantitative estimate of drug-likeness (QED) is 0.889. The van der Waals surface area contributed by atoms with E-state index in [2.05, 4.69) is 27.4 Å². The van der Waals surface area contributed by atoms with E-state index in [0.29, 0.717) is 6.04 Å². The number of rotatable bonds is 5. The number of hydrogen-bond donors (Lipinski definition) is 2. The van der Waals surface area contributed by atoms with Crippen molar-refractivity contribution < 1.29 is 4.79 Å². The molecule has 2 aromatic heterocycles. The molecule has 3 rings (SSSR count). The Bertz CT molecular complexity index is 631. The van der Waals surface area contributed by atoms with Crippen LogP contribution >= 0.6 is 0 Å². The van der Waals surface area contributed by atoms with Crippen LogP contribution in [0.2, 0.25) is 0 Å². The molecular weight excluding hydrogens is 290 g/mol. The molecule has 1 amide bonds. The molecule has 1 aliphatic rings. The van der Waals surface area contributed by atoms with Gasteiger partial charge in [-0.1, -0.05) is 13.3 Å². The summed E-state index contributed by atoms with van der Waals surface area (Å²) in [4.78, 5) is 17.8. The standard InChI is InChI=1S/C17H23N5O/c1-2-4-15-14(6-10-18-15)17(23)22-11-7-13(8-12-22)20-16-5-3-9-19-21-16/h3,5-6,9-10,13,18H,2,4,7-8,11-12H2,1H3,(H,20,21). The molecule has 1 fully saturated rings. The molecule has 3 heterocycles. The van der Waals surface area contributed by atoms with Crippen LogP contribution in [0.3, 0.4) is 0 Å². The normalized spacial score (nSPS) is 15.6. The van der Waals surface area contributed by atoms with E-state index in [0.717, 1.165) is 55.8 Å². The number of nitrogens with zero attached hydrogens (tertiary/aromatic N) is 3. The lowest BCUT2D eigenvalue weighted by molar-refractivity contribution is 0.0717. The molecule has 0 aliphatic carbocycles. The fraction of sp³-hybridized carbons (Fsp3) is 0.471. The Hall–Kier alpha value is -2.37. The van der Waals surface area contributed by atoms with Crippen LogP contribution in [-0.4, -0.2) is 45.1 Å². The molecule has 6 nitrogen and oxygen atoms in total. The van der Waals surface area contributed by atoms with Crippen LogP contribution in [0.25, 0.3) is 0 Å². The van der Waals surface area contributed by atoms with Crippen molar-refractivity contribution in [2.24, 2.45) is 0 Å². The van der Waals surface area contributed by atoms with Gasteiger partial charge in [-0.15, -0.1) is 5.10 Å². The van der Waals surface area contributed by atoms with Crippen molar-refractivity contribution in [3.05, 3.63) is 41.9 Å². The van der Waals surface area contributed by atoms with E-state index >= 15 is 0 Å². The molecule has 0 unspecified atom stereocenters. The van der Waals surface area contributed by atoms with Gasteiger partial charge in [-0.25, -0.2) is 0 Å². The molecule has 122 valence electrons. The van der Waals surface area contributed by atoms with E-state index in [1.165, 1.54) is 0 Å². The van der Waals surface area contributed by atoms with E-state index in [1.54, 1.807) is 6.20 Å². The van der Waals surface area contributed by atoms with Crippen LogP contribution in [0.15, 0.2) is 30.6 Å². The number of nitrogens with one attached hydrogen (secondary N) is 2. The second-order valence-corrected chi connectivity index (χ2v) is 5.94. The van der Waals surface area contributed by atoms with Gasteiger partial charge in [-0.2, -0.15) is 5.10 Å². The van der Waals surface area contributed by atoms with E-state index in [-0.39, 0.29) is 5.91 Å². The lowest BCUT2D eigenvalue weighted by Gasteiger charge is -2.32. The number of hydrogen-bond acceptors (Lipinski definition) is 4. The summed E-state index contributed by atoms with van der Waals surface area (Å²) in [6, 6.07) is 6.03. The molecule has 0 aromatic carbocycles. The Morgan fingerprint density at radius 3 is 2.91 bits per heavy atom. The number of H-pyrrole nitrogens is 1. The summed E-state index contributed by atoms with van der Waals surface area (Å²) >= 11 is 0. The predicted octanol–water partition coefficient (Wildman–Crippen LogP) is 2.47. The molecule has 0 radical (unpaired) electrons. The summed E-state index contributed by atoms with van der Waals surface area (Å²) in [6.45, 7) is 3.67. The highest BCUT2D eigenvalue weighted by Gasteiger charge is 2.25. The third kappa shape index (κ3) is 3.70. The molecule has 0 spiro atoms. The Labute approximate surface area is 136 Å². The van der Waals surface area contributed by atoms with E-state index in [4.69, 9.17) is 0 Å². The summed E-state index contributed by atoms with van der Waals surface area (Å²) in [7, 11) is 0. The van der Waals surface area contributed by atoms with Gasteiger partial charge >= 0.3 is 0 Å². The number of amides is 1. The molecule has 0 saturated carbocycles. The molecule has 2 N–H and O–H groups in total. The largest absolute Gasteiger partial charge is 0.366 e. The topological polar surface area (TPSA) is 73.9 Å². The number of aryl methyl sites for hydroxylation is 1. The minimum Gasteiger partial charge on any atom is -0.366 e. The van der Waals surface area contributed by atoms with E-state index in [1.807, 2.05) is 29.3 Å². The van der Waals surface area contributed by atoms with Crippen molar-refractivity contribution in [1.29, 1.82) is 0 Å². The summed E-state index contributed by atoms with van der Waals surface area (Å²) in [5.41, 5.74) is 1.88. The van der Waals surface area contributed by atoms with Crippen LogP contribution in [0.5, 0.6) is 0 Å². The monoisotopic (exact) mass is 313 g/mol. The summed E-state index contributed by atoms with van der Waals surface area (Å²) in [6.07, 6.45) is 7.33. The highest BCUT2D eigenvalue weighted by Crippen LogP contribution is 2.19. The molecule has 0 atom stereocenters. The van der Waals surface area contributed by atoms with Gasteiger partial charge in [0.25, 0.3) is 5.91 Å². The third-order valence-corrected chi connectivity index (χ3v) is 4.27. The molecule has 6 heteroatoms. The zero-order valence-electron chi connectivity index (χ0n) is 13.5. The van der Waals surface area contributed by atoms with Gasteiger partial charge in [0.2, 0.25) is 0 Å². The molecule has 1 aliphatic heterocycles. The van der Waals surface area contributed by atoms with Crippen molar-refractivity contribution in [1.82, 2.24) is 20.1 Å². The minimum atomic E-state index is 0.146. The van der Waals surface area contributed by atoms with Crippen LogP contribution in [0, 0.1) is 0 Å². The lowest BCUT2D eigenvalue weighted by atomic mass is 10.0. The van der Waals surface area contributed by atoms with Crippen molar-refractivity contribution in [3.63, 3.8) is 0 Å². The number of piperidine rings is 1. The zero-order valence-corrected chi connectivity index (χ0v) is 13.5. The Balaban J connectivity index is 1.56. The molecular formula is C17H23N5O. The second kappa shape index (κ2) is 7.26. The molecule has 1 saturated heterocycles. The van der Waals surface area contributed by atoms with Crippen LogP contribution < -0.4 is 5.32 Å². The van der Waals surface area contributed by atoms with Crippen molar-refractivity contribution in [3.8, 4) is 0 Å². The predicted molar refractivity (Wildman–Crippen MR) is 89.4 cm³/mol. The first-order valence-corrected chi connectivity index (χ1v) is 8.27. The van der Waals surface area contributed by atoms with Gasteiger partial charge in [-0.05, 0) is 37.5 Å². The van der Waals surface area contributed by atoms with Gasteiger partial charge in [0.15, 0.2) is 0 Å². The maximum Gasteiger partial charge on any atom is 0.255 e. The second-order valence-electron chi connectivity index (χ2n) is 5.94. The SMILES string of the molecule is CCCc1[nH]ccc1C(=O)N1CCC(Nc2cccnn2)CC1. The molecule has 23 heavy (non-hydrogen) atoms. The fourth-order valence-electron chi connectivity index (χ4n) is 3.05. The Morgan fingerprint density at radius 1 is 1.39 bits per heavy atom. The van der Waals surface area contributed by atoms with E-state index in [9.17, 15) is 4.79 Å². The van der Waals surface area contributed by atoms with Crippen LogP contribution in [0.1, 0.15) is 42.2 Å². The van der Waals surface area contributed by atoms with Gasteiger partial charge in [0.1, 0.15) is 5.82 Å². The number of carbonyl (C=O) groups is 1. The average molecular weight is 313 g/mol. The van der Waals surface area contributed by atoms with Crippen molar-refractivity contribution >= 4 is 11.7 Å². The minimum absolute atomic E-state index is 0.146. The maximum atomic E-state index is 12.7. The van der Waals surface area contributed by atoms with Gasteiger partial charge < -0.3 is 15.2 Å². The molecule has 2 aromatic rings. The highest BCUT2D eigenvalue weighted by atomic mass is 16.2. The summed E-state index contributed by atoms with van der Waals surface area (Å²) < 4.78 is 0. The summed E-state index contributed by atoms with van der Waals surface area (Å²) in [5.74, 6) is 0.945. The number of anilines is 1. The lowest BCUT2D eigenvalue weighted by Crippen LogP contribution is -2.42. The number of aromatic amines is 1.